The second kappa shape index (κ2) is 7.95. The maximum Gasteiger partial charge on any atom is 0.0795 e. The van der Waals surface area contributed by atoms with Gasteiger partial charge in [-0.05, 0) is 117 Å². The minimum atomic E-state index is 0.426. The quantitative estimate of drug-likeness (QED) is 0.308. The molecule has 174 valence electrons. The summed E-state index contributed by atoms with van der Waals surface area (Å²) in [6, 6.07) is 18.2. The second-order valence-corrected chi connectivity index (χ2v) is 11.6. The van der Waals surface area contributed by atoms with Crippen molar-refractivity contribution in [3.05, 3.63) is 65.9 Å². The van der Waals surface area contributed by atoms with Crippen LogP contribution < -0.4 is 5.73 Å². The van der Waals surface area contributed by atoms with Crippen LogP contribution in [0.1, 0.15) is 62.5 Å². The first-order valence-corrected chi connectivity index (χ1v) is 13.4. The standard InChI is InChI=1S/C31H35N3/c32-11-2-1-7-25-27-16-24(31-17-20-13-21(18-31)15-22(14-20)19-31)9-10-28(27)34-30(25)26-8-3-5-23-6-4-12-33-29(23)26/h3-6,8-10,12,16,20-22,34H,1-2,7,11,13-15,17-19,32H2. The molecule has 4 saturated carbocycles. The maximum atomic E-state index is 5.88. The average molecular weight is 450 g/mol. The Balaban J connectivity index is 1.38. The Morgan fingerprint density at radius 3 is 2.44 bits per heavy atom. The number of unbranched alkanes of at least 4 members (excludes halogenated alkanes) is 1. The van der Waals surface area contributed by atoms with Gasteiger partial charge in [0.2, 0.25) is 0 Å². The first-order valence-electron chi connectivity index (χ1n) is 13.4. The Bertz CT molecular complexity index is 1320. The zero-order valence-corrected chi connectivity index (χ0v) is 20.0. The normalized spacial score (nSPS) is 27.7. The highest BCUT2D eigenvalue weighted by Crippen LogP contribution is 2.61. The van der Waals surface area contributed by atoms with Gasteiger partial charge in [-0.2, -0.15) is 0 Å². The fourth-order valence-corrected chi connectivity index (χ4v) is 8.28. The van der Waals surface area contributed by atoms with E-state index >= 15 is 0 Å². The molecule has 0 unspecified atom stereocenters. The summed E-state index contributed by atoms with van der Waals surface area (Å²) >= 11 is 0. The van der Waals surface area contributed by atoms with Gasteiger partial charge in [0.1, 0.15) is 0 Å². The maximum absolute atomic E-state index is 5.88. The molecule has 2 heterocycles. The topological polar surface area (TPSA) is 54.7 Å². The van der Waals surface area contributed by atoms with E-state index in [0.29, 0.717) is 5.41 Å². The summed E-state index contributed by atoms with van der Waals surface area (Å²) in [6.45, 7) is 0.756. The number of pyridine rings is 1. The number of aromatic nitrogens is 2. The number of aromatic amines is 1. The molecule has 3 heteroatoms. The van der Waals surface area contributed by atoms with Crippen LogP contribution in [0.2, 0.25) is 0 Å². The molecule has 34 heavy (non-hydrogen) atoms. The summed E-state index contributed by atoms with van der Waals surface area (Å²) in [5.74, 6) is 2.90. The van der Waals surface area contributed by atoms with Crippen LogP contribution in [-0.2, 0) is 11.8 Å². The molecule has 3 nitrogen and oxygen atoms in total. The highest BCUT2D eigenvalue weighted by molar-refractivity contribution is 5.99. The summed E-state index contributed by atoms with van der Waals surface area (Å²) in [4.78, 5) is 8.60. The fraction of sp³-hybridized carbons (Fsp3) is 0.452. The van der Waals surface area contributed by atoms with Crippen molar-refractivity contribution in [3.8, 4) is 11.3 Å². The number of fused-ring (bicyclic) bond motifs is 2. The summed E-state index contributed by atoms with van der Waals surface area (Å²) in [6.07, 6.45) is 13.9. The number of H-pyrrole nitrogens is 1. The molecule has 0 aliphatic heterocycles. The molecule has 4 bridgehead atoms. The van der Waals surface area contributed by atoms with Crippen LogP contribution in [0.25, 0.3) is 33.1 Å². The van der Waals surface area contributed by atoms with Gasteiger partial charge in [0, 0.05) is 28.0 Å². The Morgan fingerprint density at radius 1 is 0.912 bits per heavy atom. The van der Waals surface area contributed by atoms with E-state index in [-0.39, 0.29) is 0 Å². The Labute approximate surface area is 202 Å². The molecule has 2 aromatic heterocycles. The lowest BCUT2D eigenvalue weighted by Gasteiger charge is -2.57. The lowest BCUT2D eigenvalue weighted by atomic mass is 9.48. The van der Waals surface area contributed by atoms with Crippen LogP contribution in [0.4, 0.5) is 0 Å². The van der Waals surface area contributed by atoms with Crippen LogP contribution in [0.3, 0.4) is 0 Å². The van der Waals surface area contributed by atoms with Crippen LogP contribution in [0.15, 0.2) is 54.7 Å². The van der Waals surface area contributed by atoms with Crippen molar-refractivity contribution >= 4 is 21.8 Å². The third-order valence-corrected chi connectivity index (χ3v) is 9.34. The molecule has 4 aliphatic carbocycles. The van der Waals surface area contributed by atoms with E-state index in [9.17, 15) is 0 Å². The minimum absolute atomic E-state index is 0.426. The molecule has 4 aliphatic rings. The molecule has 0 saturated heterocycles. The molecule has 4 aromatic rings. The van der Waals surface area contributed by atoms with Gasteiger partial charge in [0.15, 0.2) is 0 Å². The first kappa shape index (κ1) is 20.7. The number of hydrogen-bond donors (Lipinski definition) is 2. The van der Waals surface area contributed by atoms with Crippen molar-refractivity contribution in [2.45, 2.75) is 63.2 Å². The zero-order chi connectivity index (χ0) is 22.7. The SMILES string of the molecule is NCCCCc1c(-c2cccc3cccnc23)[nH]c2ccc(C34CC5CC(CC(C5)C3)C4)cc12. The zero-order valence-electron chi connectivity index (χ0n) is 20.0. The van der Waals surface area contributed by atoms with Crippen molar-refractivity contribution < 1.29 is 0 Å². The van der Waals surface area contributed by atoms with Crippen molar-refractivity contribution in [3.63, 3.8) is 0 Å². The molecule has 0 spiro atoms. The Kier molecular flexibility index (Phi) is 4.84. The first-order chi connectivity index (χ1) is 16.7. The van der Waals surface area contributed by atoms with E-state index in [0.717, 1.165) is 49.1 Å². The van der Waals surface area contributed by atoms with Crippen LogP contribution in [-0.4, -0.2) is 16.5 Å². The second-order valence-electron chi connectivity index (χ2n) is 11.6. The van der Waals surface area contributed by atoms with Crippen molar-refractivity contribution in [1.82, 2.24) is 9.97 Å². The van der Waals surface area contributed by atoms with E-state index in [1.54, 1.807) is 5.56 Å². The molecule has 0 radical (unpaired) electrons. The van der Waals surface area contributed by atoms with E-state index in [2.05, 4.69) is 47.4 Å². The number of hydrogen-bond acceptors (Lipinski definition) is 2. The third kappa shape index (κ3) is 3.24. The number of benzene rings is 2. The van der Waals surface area contributed by atoms with Gasteiger partial charge >= 0.3 is 0 Å². The van der Waals surface area contributed by atoms with Crippen molar-refractivity contribution in [1.29, 1.82) is 0 Å². The van der Waals surface area contributed by atoms with Crippen LogP contribution >= 0.6 is 0 Å². The van der Waals surface area contributed by atoms with Gasteiger partial charge in [-0.15, -0.1) is 0 Å². The largest absolute Gasteiger partial charge is 0.354 e. The number of nitrogens with two attached hydrogens (primary N) is 1. The third-order valence-electron chi connectivity index (χ3n) is 9.34. The van der Waals surface area contributed by atoms with Gasteiger partial charge in [0.25, 0.3) is 0 Å². The van der Waals surface area contributed by atoms with Crippen molar-refractivity contribution in [2.24, 2.45) is 23.5 Å². The van der Waals surface area contributed by atoms with Gasteiger partial charge in [0.05, 0.1) is 11.2 Å². The number of aryl methyl sites for hydroxylation is 1. The molecule has 4 fully saturated rings. The molecular formula is C31H35N3. The van der Waals surface area contributed by atoms with E-state index < -0.39 is 0 Å². The number of nitrogens with zero attached hydrogens (tertiary/aromatic N) is 1. The van der Waals surface area contributed by atoms with Gasteiger partial charge in [-0.25, -0.2) is 0 Å². The lowest BCUT2D eigenvalue weighted by molar-refractivity contribution is -0.00513. The van der Waals surface area contributed by atoms with Gasteiger partial charge < -0.3 is 10.7 Å². The monoisotopic (exact) mass is 449 g/mol. The van der Waals surface area contributed by atoms with Crippen molar-refractivity contribution in [2.75, 3.05) is 6.54 Å². The average Bonchev–Trinajstić information content (AvgIpc) is 3.21. The van der Waals surface area contributed by atoms with E-state index in [1.165, 1.54) is 71.6 Å². The highest BCUT2D eigenvalue weighted by atomic mass is 14.7. The predicted molar refractivity (Wildman–Crippen MR) is 141 cm³/mol. The van der Waals surface area contributed by atoms with Gasteiger partial charge in [-0.1, -0.05) is 30.3 Å². The minimum Gasteiger partial charge on any atom is -0.354 e. The lowest BCUT2D eigenvalue weighted by Crippen LogP contribution is -2.48. The van der Waals surface area contributed by atoms with Gasteiger partial charge in [-0.3, -0.25) is 4.98 Å². The molecule has 8 rings (SSSR count). The van der Waals surface area contributed by atoms with E-state index in [1.807, 2.05) is 12.3 Å². The number of rotatable bonds is 6. The van der Waals surface area contributed by atoms with Crippen LogP contribution in [0, 0.1) is 17.8 Å². The Morgan fingerprint density at radius 2 is 1.68 bits per heavy atom. The smallest absolute Gasteiger partial charge is 0.0795 e. The Hall–Kier alpha value is -2.65. The summed E-state index contributed by atoms with van der Waals surface area (Å²) in [5.41, 5.74) is 14.2. The highest BCUT2D eigenvalue weighted by Gasteiger charge is 2.51. The van der Waals surface area contributed by atoms with E-state index in [4.69, 9.17) is 10.7 Å². The fourth-order valence-electron chi connectivity index (χ4n) is 8.28. The number of para-hydroxylation sites is 1. The summed E-state index contributed by atoms with van der Waals surface area (Å²) < 4.78 is 0. The molecule has 3 N–H and O–H groups in total. The summed E-state index contributed by atoms with van der Waals surface area (Å²) in [7, 11) is 0. The molecular weight excluding hydrogens is 414 g/mol. The molecule has 0 atom stereocenters. The van der Waals surface area contributed by atoms with Crippen LogP contribution in [0.5, 0.6) is 0 Å². The predicted octanol–water partition coefficient (Wildman–Crippen LogP) is 7.13. The number of nitrogens with one attached hydrogen (secondary N) is 1. The summed E-state index contributed by atoms with van der Waals surface area (Å²) in [5, 5.41) is 2.62. The molecule has 2 aromatic carbocycles. The molecule has 0 amide bonds.